The van der Waals surface area contributed by atoms with Crippen LogP contribution in [0.4, 0.5) is 16.2 Å². The van der Waals surface area contributed by atoms with Crippen LogP contribution in [0.15, 0.2) is 18.2 Å². The van der Waals surface area contributed by atoms with E-state index < -0.39 is 35.0 Å². The van der Waals surface area contributed by atoms with Crippen molar-refractivity contribution < 1.29 is 24.0 Å². The number of carbonyl (C=O) groups is 3. The predicted octanol–water partition coefficient (Wildman–Crippen LogP) is 2.37. The molecule has 2 N–H and O–H groups in total. The minimum atomic E-state index is -0.885. The number of ether oxygens (including phenoxy) is 1. The van der Waals surface area contributed by atoms with Crippen molar-refractivity contribution in [1.82, 2.24) is 10.6 Å². The molecule has 0 unspecified atom stereocenters. The number of nitro groups is 1. The highest BCUT2D eigenvalue weighted by Crippen LogP contribution is 2.31. The van der Waals surface area contributed by atoms with Crippen LogP contribution in [0, 0.1) is 10.1 Å². The van der Waals surface area contributed by atoms with E-state index in [0.29, 0.717) is 5.69 Å². The highest BCUT2D eigenvalue weighted by Gasteiger charge is 2.24. The highest BCUT2D eigenvalue weighted by molar-refractivity contribution is 5.97. The van der Waals surface area contributed by atoms with Crippen LogP contribution in [0.25, 0.3) is 0 Å². The van der Waals surface area contributed by atoms with Crippen molar-refractivity contribution in [3.8, 4) is 0 Å². The Morgan fingerprint density at radius 3 is 2.41 bits per heavy atom. The fourth-order valence-electron chi connectivity index (χ4n) is 2.95. The minimum absolute atomic E-state index is 0.0376. The second-order valence-corrected chi connectivity index (χ2v) is 7.84. The lowest BCUT2D eigenvalue weighted by Crippen LogP contribution is -2.49. The molecule has 1 aromatic carbocycles. The van der Waals surface area contributed by atoms with E-state index in [0.717, 1.165) is 38.4 Å². The molecule has 0 saturated carbocycles. The third kappa shape index (κ3) is 6.74. The minimum Gasteiger partial charge on any atom is -0.452 e. The first-order valence-electron chi connectivity index (χ1n) is 9.39. The first kappa shape index (κ1) is 22.1. The van der Waals surface area contributed by atoms with Gasteiger partial charge in [0.15, 0.2) is 6.61 Å². The Hall–Kier alpha value is -3.17. The van der Waals surface area contributed by atoms with Crippen LogP contribution in [-0.2, 0) is 9.53 Å². The van der Waals surface area contributed by atoms with Gasteiger partial charge in [-0.15, -0.1) is 0 Å². The summed E-state index contributed by atoms with van der Waals surface area (Å²) in [5.41, 5.74) is -0.293. The number of hydrogen-bond acceptors (Lipinski definition) is 7. The molecule has 29 heavy (non-hydrogen) atoms. The molecule has 1 heterocycles. The van der Waals surface area contributed by atoms with Crippen LogP contribution in [0.5, 0.6) is 0 Å². The van der Waals surface area contributed by atoms with Crippen molar-refractivity contribution >= 4 is 29.3 Å². The van der Waals surface area contributed by atoms with Crippen molar-refractivity contribution in [3.63, 3.8) is 0 Å². The maximum absolute atomic E-state index is 12.2. The molecule has 2 rings (SSSR count). The first-order chi connectivity index (χ1) is 13.6. The molecular weight excluding hydrogens is 380 g/mol. The van der Waals surface area contributed by atoms with E-state index in [2.05, 4.69) is 5.32 Å². The van der Waals surface area contributed by atoms with Gasteiger partial charge in [0.25, 0.3) is 11.6 Å². The van der Waals surface area contributed by atoms with Gasteiger partial charge in [0.05, 0.1) is 10.5 Å². The third-order valence-electron chi connectivity index (χ3n) is 4.18. The molecule has 1 saturated heterocycles. The van der Waals surface area contributed by atoms with E-state index in [-0.39, 0.29) is 11.3 Å². The monoisotopic (exact) mass is 406 g/mol. The molecule has 0 radical (unpaired) electrons. The molecule has 0 aromatic heterocycles. The number of imide groups is 1. The van der Waals surface area contributed by atoms with Gasteiger partial charge in [-0.3, -0.25) is 20.2 Å². The second kappa shape index (κ2) is 9.35. The molecule has 10 heteroatoms. The van der Waals surface area contributed by atoms with Gasteiger partial charge in [0, 0.05) is 24.7 Å². The summed E-state index contributed by atoms with van der Waals surface area (Å²) < 4.78 is 4.87. The molecule has 10 nitrogen and oxygen atoms in total. The van der Waals surface area contributed by atoms with Gasteiger partial charge in [0.1, 0.15) is 5.69 Å². The van der Waals surface area contributed by atoms with Crippen molar-refractivity contribution in [3.05, 3.63) is 33.9 Å². The summed E-state index contributed by atoms with van der Waals surface area (Å²) in [7, 11) is 0. The van der Waals surface area contributed by atoms with E-state index in [1.165, 1.54) is 12.1 Å². The molecule has 0 aliphatic carbocycles. The smallest absolute Gasteiger partial charge is 0.338 e. The SMILES string of the molecule is CC(C)(C)NC(=O)NC(=O)COC(=O)c1ccc(N2CCCCC2)c([N+](=O)[O-])c1. The summed E-state index contributed by atoms with van der Waals surface area (Å²) >= 11 is 0. The van der Waals surface area contributed by atoms with E-state index in [9.17, 15) is 24.5 Å². The molecular formula is C19H26N4O6. The number of carbonyl (C=O) groups excluding carboxylic acids is 3. The summed E-state index contributed by atoms with van der Waals surface area (Å²) in [5.74, 6) is -1.69. The predicted molar refractivity (Wildman–Crippen MR) is 106 cm³/mol. The Bertz CT molecular complexity index is 796. The number of rotatable bonds is 5. The molecule has 3 amide bonds. The lowest BCUT2D eigenvalue weighted by atomic mass is 10.1. The van der Waals surface area contributed by atoms with Crippen LogP contribution in [0.3, 0.4) is 0 Å². The zero-order valence-corrected chi connectivity index (χ0v) is 16.8. The van der Waals surface area contributed by atoms with Gasteiger partial charge in [0.2, 0.25) is 0 Å². The van der Waals surface area contributed by atoms with E-state index in [4.69, 9.17) is 4.74 Å². The van der Waals surface area contributed by atoms with Gasteiger partial charge in [-0.05, 0) is 52.2 Å². The second-order valence-electron chi connectivity index (χ2n) is 7.84. The Morgan fingerprint density at radius 2 is 1.83 bits per heavy atom. The van der Waals surface area contributed by atoms with Gasteiger partial charge in [-0.2, -0.15) is 0 Å². The van der Waals surface area contributed by atoms with E-state index >= 15 is 0 Å². The Labute approximate surface area is 168 Å². The molecule has 1 aromatic rings. The maximum atomic E-state index is 12.2. The molecule has 1 aliphatic rings. The molecule has 1 fully saturated rings. The van der Waals surface area contributed by atoms with Crippen molar-refractivity contribution in [2.45, 2.75) is 45.6 Å². The van der Waals surface area contributed by atoms with Gasteiger partial charge in [-0.25, -0.2) is 9.59 Å². The number of amides is 3. The van der Waals surface area contributed by atoms with E-state index in [1.807, 2.05) is 10.2 Å². The number of piperidine rings is 1. The fourth-order valence-corrected chi connectivity index (χ4v) is 2.95. The standard InChI is InChI=1S/C19H26N4O6/c1-19(2,3)21-18(26)20-16(24)12-29-17(25)13-7-8-14(15(11-13)23(27)28)22-9-5-4-6-10-22/h7-8,11H,4-6,9-10,12H2,1-3H3,(H2,20,21,24,26). The van der Waals surface area contributed by atoms with Crippen molar-refractivity contribution in [2.75, 3.05) is 24.6 Å². The zero-order chi connectivity index (χ0) is 21.6. The number of nitrogens with one attached hydrogen (secondary N) is 2. The maximum Gasteiger partial charge on any atom is 0.338 e. The summed E-state index contributed by atoms with van der Waals surface area (Å²) in [4.78, 5) is 48.4. The van der Waals surface area contributed by atoms with Crippen LogP contribution >= 0.6 is 0 Å². The summed E-state index contributed by atoms with van der Waals surface area (Å²) in [6, 6.07) is 3.40. The molecule has 1 aliphatic heterocycles. The number of benzene rings is 1. The highest BCUT2D eigenvalue weighted by atomic mass is 16.6. The topological polar surface area (TPSA) is 131 Å². The van der Waals surface area contributed by atoms with E-state index in [1.54, 1.807) is 20.8 Å². The first-order valence-corrected chi connectivity index (χ1v) is 9.39. The summed E-state index contributed by atoms with van der Waals surface area (Å²) in [5, 5.41) is 16.0. The number of nitro benzene ring substituents is 1. The number of hydrogen-bond donors (Lipinski definition) is 2. The van der Waals surface area contributed by atoms with Crippen LogP contribution in [0.2, 0.25) is 0 Å². The fraction of sp³-hybridized carbons (Fsp3) is 0.526. The van der Waals surface area contributed by atoms with Crippen LogP contribution in [0.1, 0.15) is 50.4 Å². The van der Waals surface area contributed by atoms with Crippen molar-refractivity contribution in [1.29, 1.82) is 0 Å². The zero-order valence-electron chi connectivity index (χ0n) is 16.8. The average molecular weight is 406 g/mol. The lowest BCUT2D eigenvalue weighted by Gasteiger charge is -2.28. The molecule has 0 bridgehead atoms. The molecule has 0 atom stereocenters. The number of urea groups is 1. The lowest BCUT2D eigenvalue weighted by molar-refractivity contribution is -0.384. The summed E-state index contributed by atoms with van der Waals surface area (Å²) in [6.45, 7) is 6.01. The Balaban J connectivity index is 2.00. The number of anilines is 1. The Kier molecular flexibility index (Phi) is 7.13. The molecule has 158 valence electrons. The van der Waals surface area contributed by atoms with Crippen LogP contribution in [-0.4, -0.2) is 48.1 Å². The summed E-state index contributed by atoms with van der Waals surface area (Å²) in [6.07, 6.45) is 3.00. The quantitative estimate of drug-likeness (QED) is 0.436. The Morgan fingerprint density at radius 1 is 1.17 bits per heavy atom. The van der Waals surface area contributed by atoms with Gasteiger partial charge < -0.3 is 15.0 Å². The van der Waals surface area contributed by atoms with Crippen LogP contribution < -0.4 is 15.5 Å². The number of esters is 1. The third-order valence-corrected chi connectivity index (χ3v) is 4.18. The normalized spacial score (nSPS) is 14.1. The number of nitrogens with zero attached hydrogens (tertiary/aromatic N) is 2. The average Bonchev–Trinajstić information content (AvgIpc) is 2.64. The van der Waals surface area contributed by atoms with Gasteiger partial charge >= 0.3 is 12.0 Å². The van der Waals surface area contributed by atoms with Crippen molar-refractivity contribution in [2.24, 2.45) is 0 Å². The van der Waals surface area contributed by atoms with Gasteiger partial charge in [-0.1, -0.05) is 0 Å². The molecule has 0 spiro atoms. The largest absolute Gasteiger partial charge is 0.452 e.